The molecule has 5 rings (SSSR count). The van der Waals surface area contributed by atoms with Gasteiger partial charge in [-0.1, -0.05) is 18.2 Å². The van der Waals surface area contributed by atoms with Crippen molar-refractivity contribution in [2.45, 2.75) is 96.7 Å². The minimum absolute atomic E-state index is 0.0301. The minimum atomic E-state index is -4.45. The molecule has 19 heteroatoms. The SMILES string of the molecule is CC(C)OC(=O)CCc1ccccc1OP(=O)(N[C@@H](C)C(=O)OC(C)C)OC[C@H]1O[C@@H](n2cnc3c(N)nc(N)nc32)[C@]2(C)OC(=O)OC12. The summed E-state index contributed by atoms with van der Waals surface area (Å²) in [5, 5.41) is 2.63. The lowest BCUT2D eigenvalue weighted by atomic mass is 9.96. The molecule has 1 aromatic carbocycles. The number of ether oxygens (including phenoxy) is 5. The van der Waals surface area contributed by atoms with Crippen molar-refractivity contribution < 1.29 is 51.7 Å². The molecule has 4 heterocycles. The highest BCUT2D eigenvalue weighted by atomic mass is 31.2. The molecule has 5 N–H and O–H groups in total. The molecular weight excluding hydrogens is 665 g/mol. The van der Waals surface area contributed by atoms with Gasteiger partial charge in [0.2, 0.25) is 5.95 Å². The molecule has 3 aromatic rings. The number of para-hydroxylation sites is 1. The van der Waals surface area contributed by atoms with Gasteiger partial charge in [0.15, 0.2) is 29.4 Å². The molecule has 49 heavy (non-hydrogen) atoms. The average molecular weight is 706 g/mol. The van der Waals surface area contributed by atoms with Crippen molar-refractivity contribution in [2.24, 2.45) is 0 Å². The monoisotopic (exact) mass is 705 g/mol. The predicted molar refractivity (Wildman–Crippen MR) is 172 cm³/mol. The fraction of sp³-hybridized carbons (Fsp3) is 0.533. The molecule has 2 aliphatic rings. The Morgan fingerprint density at radius 2 is 1.82 bits per heavy atom. The van der Waals surface area contributed by atoms with E-state index < -0.39 is 68.6 Å². The van der Waals surface area contributed by atoms with Gasteiger partial charge in [0.25, 0.3) is 0 Å². The van der Waals surface area contributed by atoms with Gasteiger partial charge in [0.1, 0.15) is 23.4 Å². The Kier molecular flexibility index (Phi) is 10.3. The van der Waals surface area contributed by atoms with Gasteiger partial charge in [-0.3, -0.25) is 18.7 Å². The van der Waals surface area contributed by atoms with Gasteiger partial charge in [-0.15, -0.1) is 0 Å². The fourth-order valence-electron chi connectivity index (χ4n) is 5.46. The highest BCUT2D eigenvalue weighted by Crippen LogP contribution is 2.51. The number of aromatic nitrogens is 4. The average Bonchev–Trinajstić information content (AvgIpc) is 3.63. The normalized spacial score (nSPS) is 23.5. The Bertz CT molecular complexity index is 1770. The Labute approximate surface area is 281 Å². The first kappa shape index (κ1) is 35.8. The van der Waals surface area contributed by atoms with Crippen LogP contribution in [0.3, 0.4) is 0 Å². The highest BCUT2D eigenvalue weighted by molar-refractivity contribution is 7.52. The summed E-state index contributed by atoms with van der Waals surface area (Å²) in [5.41, 5.74) is 11.4. The van der Waals surface area contributed by atoms with Crippen LogP contribution in [-0.2, 0) is 48.8 Å². The topological polar surface area (TPSA) is 241 Å². The maximum atomic E-state index is 14.5. The van der Waals surface area contributed by atoms with Gasteiger partial charge in [-0.2, -0.15) is 15.1 Å². The van der Waals surface area contributed by atoms with Crippen molar-refractivity contribution in [2.75, 3.05) is 18.1 Å². The maximum Gasteiger partial charge on any atom is 0.509 e. The van der Waals surface area contributed by atoms with Gasteiger partial charge in [0, 0.05) is 6.42 Å². The van der Waals surface area contributed by atoms with E-state index in [0.29, 0.717) is 5.56 Å². The first-order chi connectivity index (χ1) is 23.1. The van der Waals surface area contributed by atoms with Crippen molar-refractivity contribution in [1.29, 1.82) is 0 Å². The number of imidazole rings is 1. The van der Waals surface area contributed by atoms with Gasteiger partial charge in [0.05, 0.1) is 25.1 Å². The summed E-state index contributed by atoms with van der Waals surface area (Å²) in [6.45, 7) is 9.39. The van der Waals surface area contributed by atoms with Crippen LogP contribution >= 0.6 is 7.75 Å². The minimum Gasteiger partial charge on any atom is -0.463 e. The number of nitrogens with two attached hydrogens (primary N) is 2. The third kappa shape index (κ3) is 7.88. The van der Waals surface area contributed by atoms with Crippen molar-refractivity contribution in [3.63, 3.8) is 0 Å². The molecule has 0 spiro atoms. The number of aryl methyl sites for hydroxylation is 1. The summed E-state index contributed by atoms with van der Waals surface area (Å²) in [7, 11) is -4.45. The molecular formula is C30H40N7O11P. The molecule has 18 nitrogen and oxygen atoms in total. The van der Waals surface area contributed by atoms with Crippen molar-refractivity contribution in [1.82, 2.24) is 24.6 Å². The van der Waals surface area contributed by atoms with Crippen LogP contribution < -0.4 is 21.1 Å². The molecule has 0 aliphatic carbocycles. The summed E-state index contributed by atoms with van der Waals surface area (Å²) in [6, 6.07) is 5.47. The Morgan fingerprint density at radius 1 is 1.10 bits per heavy atom. The lowest BCUT2D eigenvalue weighted by Crippen LogP contribution is -2.42. The number of fused-ring (bicyclic) bond motifs is 2. The van der Waals surface area contributed by atoms with E-state index in [9.17, 15) is 18.9 Å². The van der Waals surface area contributed by atoms with Crippen LogP contribution in [0.2, 0.25) is 0 Å². The van der Waals surface area contributed by atoms with Gasteiger partial charge >= 0.3 is 25.8 Å². The summed E-state index contributed by atoms with van der Waals surface area (Å²) >= 11 is 0. The van der Waals surface area contributed by atoms with Crippen LogP contribution in [0.15, 0.2) is 30.6 Å². The summed E-state index contributed by atoms with van der Waals surface area (Å²) < 4.78 is 55.7. The summed E-state index contributed by atoms with van der Waals surface area (Å²) in [5.74, 6) is -1.07. The lowest BCUT2D eigenvalue weighted by Gasteiger charge is -2.26. The number of carbonyl (C=O) groups excluding carboxylic acids is 3. The van der Waals surface area contributed by atoms with Crippen LogP contribution in [0.5, 0.6) is 5.75 Å². The zero-order valence-corrected chi connectivity index (χ0v) is 28.7. The van der Waals surface area contributed by atoms with Gasteiger partial charge in [-0.05, 0) is 59.6 Å². The maximum absolute atomic E-state index is 14.5. The number of nitrogens with zero attached hydrogens (tertiary/aromatic N) is 4. The van der Waals surface area contributed by atoms with Crippen molar-refractivity contribution in [3.05, 3.63) is 36.2 Å². The van der Waals surface area contributed by atoms with E-state index in [0.717, 1.165) is 0 Å². The first-order valence-corrected chi connectivity index (χ1v) is 17.1. The second-order valence-electron chi connectivity index (χ2n) is 12.3. The number of benzene rings is 1. The second kappa shape index (κ2) is 14.2. The zero-order valence-electron chi connectivity index (χ0n) is 27.9. The standard InChI is InChI=1S/C30H40N7O11P/c1-15(2)43-21(38)12-11-18-9-7-8-10-19(18)48-49(41,36-17(5)26(39)44-16(3)4)42-13-20-23-30(6,47-29(40)46-23)27(45-20)37-14-33-22-24(31)34-28(32)35-25(22)37/h7-10,14-17,20,23,27H,11-13H2,1-6H3,(H,36,41)(H4,31,32,34,35)/t17-,20+,23?,27+,30+,49?/m0/s1. The van der Waals surface area contributed by atoms with Crippen molar-refractivity contribution in [3.8, 4) is 5.75 Å². The molecule has 6 atom stereocenters. The number of hydrogen-bond acceptors (Lipinski definition) is 16. The van der Waals surface area contributed by atoms with E-state index in [1.54, 1.807) is 58.9 Å². The summed E-state index contributed by atoms with van der Waals surface area (Å²) in [4.78, 5) is 49.8. The molecule has 0 radical (unpaired) electrons. The molecule has 2 fully saturated rings. The molecule has 0 bridgehead atoms. The smallest absolute Gasteiger partial charge is 0.463 e. The quantitative estimate of drug-likeness (QED) is 0.124. The Balaban J connectivity index is 1.41. The summed E-state index contributed by atoms with van der Waals surface area (Å²) in [6.07, 6.45) is -3.30. The van der Waals surface area contributed by atoms with E-state index in [1.807, 2.05) is 0 Å². The first-order valence-electron chi connectivity index (χ1n) is 15.6. The second-order valence-corrected chi connectivity index (χ2v) is 14.0. The molecule has 0 saturated carbocycles. The van der Waals surface area contributed by atoms with Crippen molar-refractivity contribution >= 4 is 48.8 Å². The van der Waals surface area contributed by atoms with E-state index in [2.05, 4.69) is 20.0 Å². The number of nitrogen functional groups attached to an aromatic ring is 2. The lowest BCUT2D eigenvalue weighted by molar-refractivity contribution is -0.149. The molecule has 266 valence electrons. The number of anilines is 2. The van der Waals surface area contributed by atoms with Gasteiger partial charge in [-0.25, -0.2) is 14.3 Å². The van der Waals surface area contributed by atoms with Crippen LogP contribution in [0.25, 0.3) is 11.2 Å². The third-order valence-corrected chi connectivity index (χ3v) is 9.19. The Morgan fingerprint density at radius 3 is 2.53 bits per heavy atom. The van der Waals surface area contributed by atoms with Crippen LogP contribution in [0.4, 0.5) is 16.6 Å². The van der Waals surface area contributed by atoms with E-state index >= 15 is 0 Å². The molecule has 2 saturated heterocycles. The number of esters is 2. The number of rotatable bonds is 14. The highest BCUT2D eigenvalue weighted by Gasteiger charge is 2.64. The van der Waals surface area contributed by atoms with Crippen LogP contribution in [0.1, 0.15) is 59.8 Å². The van der Waals surface area contributed by atoms with E-state index in [-0.39, 0.29) is 47.6 Å². The molecule has 2 unspecified atom stereocenters. The van der Waals surface area contributed by atoms with Gasteiger partial charge < -0.3 is 39.7 Å². The third-order valence-electron chi connectivity index (χ3n) is 7.56. The Hall–Kier alpha value is -4.51. The number of nitrogens with one attached hydrogen (secondary N) is 1. The molecule has 2 aromatic heterocycles. The van der Waals surface area contributed by atoms with Crippen LogP contribution in [0, 0.1) is 0 Å². The zero-order chi connectivity index (χ0) is 35.7. The molecule has 0 amide bonds. The number of carbonyl (C=O) groups is 3. The fourth-order valence-corrected chi connectivity index (χ4v) is 7.00. The molecule has 2 aliphatic heterocycles. The number of hydrogen-bond donors (Lipinski definition) is 3. The van der Waals surface area contributed by atoms with E-state index in [4.69, 9.17) is 44.2 Å². The van der Waals surface area contributed by atoms with Crippen LogP contribution in [-0.4, -0.2) is 80.3 Å². The van der Waals surface area contributed by atoms with E-state index in [1.165, 1.54) is 17.8 Å². The largest absolute Gasteiger partial charge is 0.509 e. The predicted octanol–water partition coefficient (Wildman–Crippen LogP) is 3.20.